The highest BCUT2D eigenvalue weighted by Gasteiger charge is 2.18. The van der Waals surface area contributed by atoms with Gasteiger partial charge in [0, 0.05) is 42.7 Å². The molecule has 5 aromatic rings. The molecule has 1 aromatic carbocycles. The molecular formula is C23H23N9O2S. The Hall–Kier alpha value is -3.87. The first-order valence-corrected chi connectivity index (χ1v) is 12.2. The zero-order chi connectivity index (χ0) is 23.6. The Labute approximate surface area is 204 Å². The molecular weight excluding hydrogens is 466 g/mol. The molecule has 4 aromatic heterocycles. The number of carbonyl (C=O) groups excluding carboxylic acids is 1. The van der Waals surface area contributed by atoms with Gasteiger partial charge in [-0.1, -0.05) is 6.07 Å². The van der Waals surface area contributed by atoms with Crippen molar-refractivity contribution in [2.45, 2.75) is 6.54 Å². The summed E-state index contributed by atoms with van der Waals surface area (Å²) in [5.74, 6) is 1.08. The molecule has 178 valence electrons. The smallest absolute Gasteiger partial charge is 0.258 e. The molecule has 1 saturated heterocycles. The molecule has 0 aliphatic carbocycles. The van der Waals surface area contributed by atoms with Crippen molar-refractivity contribution in [3.8, 4) is 0 Å². The number of nitrogens with one attached hydrogen (secondary N) is 3. The van der Waals surface area contributed by atoms with Gasteiger partial charge in [0.25, 0.3) is 5.91 Å². The molecule has 35 heavy (non-hydrogen) atoms. The van der Waals surface area contributed by atoms with Crippen LogP contribution < -0.4 is 10.6 Å². The Balaban J connectivity index is 1.17. The number of aromatic amines is 1. The number of anilines is 3. The van der Waals surface area contributed by atoms with E-state index in [4.69, 9.17) is 4.74 Å². The van der Waals surface area contributed by atoms with Crippen molar-refractivity contribution in [3.63, 3.8) is 0 Å². The van der Waals surface area contributed by atoms with Crippen LogP contribution in [0.15, 0.2) is 48.4 Å². The number of aromatic nitrogens is 6. The normalized spacial score (nSPS) is 14.5. The third kappa shape index (κ3) is 4.46. The molecule has 12 heteroatoms. The van der Waals surface area contributed by atoms with E-state index in [1.54, 1.807) is 11.6 Å². The highest BCUT2D eigenvalue weighted by atomic mass is 32.1. The molecule has 0 unspecified atom stereocenters. The van der Waals surface area contributed by atoms with Crippen molar-refractivity contribution in [2.24, 2.45) is 0 Å². The van der Waals surface area contributed by atoms with E-state index in [1.807, 2.05) is 35.1 Å². The van der Waals surface area contributed by atoms with E-state index in [9.17, 15) is 4.79 Å². The van der Waals surface area contributed by atoms with Crippen LogP contribution >= 0.6 is 11.3 Å². The number of amides is 1. The first kappa shape index (κ1) is 21.6. The van der Waals surface area contributed by atoms with Gasteiger partial charge in [-0.2, -0.15) is 10.2 Å². The van der Waals surface area contributed by atoms with Crippen LogP contribution in [-0.2, 0) is 11.3 Å². The molecule has 6 rings (SSSR count). The number of nitrogens with zero attached hydrogens (tertiary/aromatic N) is 6. The Morgan fingerprint density at radius 3 is 3.00 bits per heavy atom. The van der Waals surface area contributed by atoms with Gasteiger partial charge in [-0.05, 0) is 12.1 Å². The van der Waals surface area contributed by atoms with Crippen molar-refractivity contribution in [3.05, 3.63) is 53.9 Å². The van der Waals surface area contributed by atoms with Gasteiger partial charge in [0.05, 0.1) is 52.9 Å². The number of benzene rings is 1. The molecule has 3 N–H and O–H groups in total. The lowest BCUT2D eigenvalue weighted by Crippen LogP contribution is -2.38. The van der Waals surface area contributed by atoms with Gasteiger partial charge in [-0.3, -0.25) is 19.5 Å². The molecule has 0 saturated carbocycles. The topological polar surface area (TPSA) is 126 Å². The number of morpholine rings is 1. The van der Waals surface area contributed by atoms with Crippen LogP contribution in [0.4, 0.5) is 17.3 Å². The van der Waals surface area contributed by atoms with E-state index in [-0.39, 0.29) is 5.91 Å². The van der Waals surface area contributed by atoms with Crippen LogP contribution in [0.1, 0.15) is 10.4 Å². The summed E-state index contributed by atoms with van der Waals surface area (Å²) in [6.07, 6.45) is 5.10. The average molecular weight is 490 g/mol. The van der Waals surface area contributed by atoms with Gasteiger partial charge in [0.2, 0.25) is 0 Å². The molecule has 0 bridgehead atoms. The minimum atomic E-state index is -0.234. The Morgan fingerprint density at radius 1 is 1.17 bits per heavy atom. The fourth-order valence-corrected chi connectivity index (χ4v) is 5.05. The predicted molar refractivity (Wildman–Crippen MR) is 134 cm³/mol. The van der Waals surface area contributed by atoms with Gasteiger partial charge in [0.15, 0.2) is 11.6 Å². The first-order valence-electron chi connectivity index (χ1n) is 11.3. The van der Waals surface area contributed by atoms with Crippen LogP contribution in [0.3, 0.4) is 0 Å². The van der Waals surface area contributed by atoms with E-state index in [0.29, 0.717) is 28.4 Å². The van der Waals surface area contributed by atoms with Gasteiger partial charge in [-0.25, -0.2) is 9.97 Å². The zero-order valence-electron chi connectivity index (χ0n) is 18.8. The van der Waals surface area contributed by atoms with Gasteiger partial charge in [-0.15, -0.1) is 11.3 Å². The maximum atomic E-state index is 13.1. The van der Waals surface area contributed by atoms with Crippen molar-refractivity contribution >= 4 is 55.7 Å². The molecule has 1 aliphatic heterocycles. The molecule has 5 heterocycles. The molecule has 1 amide bonds. The second-order valence-corrected chi connectivity index (χ2v) is 9.06. The number of carbonyl (C=O) groups is 1. The second kappa shape index (κ2) is 9.41. The Morgan fingerprint density at radius 2 is 2.09 bits per heavy atom. The highest BCUT2D eigenvalue weighted by Crippen LogP contribution is 2.31. The van der Waals surface area contributed by atoms with Crippen molar-refractivity contribution in [1.29, 1.82) is 0 Å². The van der Waals surface area contributed by atoms with E-state index in [1.165, 1.54) is 17.7 Å². The van der Waals surface area contributed by atoms with E-state index in [0.717, 1.165) is 55.0 Å². The average Bonchev–Trinajstić information content (AvgIpc) is 3.64. The molecule has 0 radical (unpaired) electrons. The number of hydrogen-bond donors (Lipinski definition) is 3. The SMILES string of the molecule is O=C(Nc1cccc2[nH]ncc12)c1csc2c(Nc3ccn(CCN4CCOCC4)n3)ncnc12. The first-order chi connectivity index (χ1) is 17.2. The molecule has 0 atom stereocenters. The second-order valence-electron chi connectivity index (χ2n) is 8.18. The van der Waals surface area contributed by atoms with Crippen LogP contribution in [-0.4, -0.2) is 73.6 Å². The number of fused-ring (bicyclic) bond motifs is 2. The van der Waals surface area contributed by atoms with Gasteiger partial charge < -0.3 is 15.4 Å². The third-order valence-corrected chi connectivity index (χ3v) is 6.94. The quantitative estimate of drug-likeness (QED) is 0.318. The molecule has 1 aliphatic rings. The monoisotopic (exact) mass is 489 g/mol. The summed E-state index contributed by atoms with van der Waals surface area (Å²) in [7, 11) is 0. The number of thiophene rings is 1. The maximum Gasteiger partial charge on any atom is 0.258 e. The summed E-state index contributed by atoms with van der Waals surface area (Å²) in [5.41, 5.74) is 2.63. The lowest BCUT2D eigenvalue weighted by molar-refractivity contribution is 0.0360. The molecule has 11 nitrogen and oxygen atoms in total. The van der Waals surface area contributed by atoms with E-state index < -0.39 is 0 Å². The van der Waals surface area contributed by atoms with E-state index >= 15 is 0 Å². The summed E-state index contributed by atoms with van der Waals surface area (Å²) in [4.78, 5) is 24.2. The van der Waals surface area contributed by atoms with E-state index in [2.05, 4.69) is 40.8 Å². The fourth-order valence-electron chi connectivity index (χ4n) is 4.11. The van der Waals surface area contributed by atoms with Gasteiger partial charge >= 0.3 is 0 Å². The number of hydrogen-bond acceptors (Lipinski definition) is 9. The zero-order valence-corrected chi connectivity index (χ0v) is 19.6. The van der Waals surface area contributed by atoms with Crippen LogP contribution in [0, 0.1) is 0 Å². The van der Waals surface area contributed by atoms with Crippen LogP contribution in [0.5, 0.6) is 0 Å². The largest absolute Gasteiger partial charge is 0.379 e. The molecule has 1 fully saturated rings. The molecule has 0 spiro atoms. The lowest BCUT2D eigenvalue weighted by Gasteiger charge is -2.26. The van der Waals surface area contributed by atoms with Crippen LogP contribution in [0.2, 0.25) is 0 Å². The summed E-state index contributed by atoms with van der Waals surface area (Å²) >= 11 is 1.42. The minimum Gasteiger partial charge on any atom is -0.379 e. The van der Waals surface area contributed by atoms with Gasteiger partial charge in [0.1, 0.15) is 6.33 Å². The summed E-state index contributed by atoms with van der Waals surface area (Å²) < 4.78 is 8.11. The predicted octanol–water partition coefficient (Wildman–Crippen LogP) is 3.09. The van der Waals surface area contributed by atoms with Crippen molar-refractivity contribution in [2.75, 3.05) is 43.5 Å². The number of ether oxygens (including phenoxy) is 1. The number of rotatable bonds is 7. The third-order valence-electron chi connectivity index (χ3n) is 5.97. The summed E-state index contributed by atoms with van der Waals surface area (Å²) in [5, 5.41) is 20.5. The summed E-state index contributed by atoms with van der Waals surface area (Å²) in [6, 6.07) is 7.54. The number of H-pyrrole nitrogens is 1. The lowest BCUT2D eigenvalue weighted by atomic mass is 10.2. The van der Waals surface area contributed by atoms with Crippen LogP contribution in [0.25, 0.3) is 21.1 Å². The minimum absolute atomic E-state index is 0.234. The summed E-state index contributed by atoms with van der Waals surface area (Å²) in [6.45, 7) is 5.21. The Bertz CT molecular complexity index is 1480. The Kier molecular flexibility index (Phi) is 5.82. The van der Waals surface area contributed by atoms with Crippen molar-refractivity contribution in [1.82, 2.24) is 34.8 Å². The fraction of sp³-hybridized carbons (Fsp3) is 0.261. The maximum absolute atomic E-state index is 13.1. The highest BCUT2D eigenvalue weighted by molar-refractivity contribution is 7.18. The van der Waals surface area contributed by atoms with Crippen molar-refractivity contribution < 1.29 is 9.53 Å². The standard InChI is InChI=1S/C23H23N9O2S/c33-23(27-17-2-1-3-18-15(17)12-26-29-18)16-13-35-21-20(16)24-14-25-22(21)28-19-4-5-32(30-19)7-6-31-8-10-34-11-9-31/h1-5,12-14H,6-11H2,(H,26,29)(H,27,33)(H,24,25,28,30).